The number of allylic oxidation sites excluding steroid dienone is 9. The zero-order valence-corrected chi connectivity index (χ0v) is 46.2. The van der Waals surface area contributed by atoms with Crippen LogP contribution in [0.3, 0.4) is 0 Å². The fourth-order valence-electron chi connectivity index (χ4n) is 12.8. The van der Waals surface area contributed by atoms with Crippen molar-refractivity contribution in [1.29, 1.82) is 0 Å². The number of anilines is 5. The maximum absolute atomic E-state index is 6.66. The summed E-state index contributed by atoms with van der Waals surface area (Å²) in [6.07, 6.45) is 14.9. The summed E-state index contributed by atoms with van der Waals surface area (Å²) < 4.78 is 6.66. The summed E-state index contributed by atoms with van der Waals surface area (Å²) >= 11 is 0. The highest BCUT2D eigenvalue weighted by atomic mass is 16.3. The van der Waals surface area contributed by atoms with Gasteiger partial charge >= 0.3 is 0 Å². The second-order valence-corrected chi connectivity index (χ2v) is 21.2. The molecule has 1 spiro atoms. The van der Waals surface area contributed by atoms with Crippen molar-refractivity contribution >= 4 is 61.5 Å². The smallest absolute Gasteiger partial charge is 0.136 e. The van der Waals surface area contributed by atoms with Gasteiger partial charge in [-0.05, 0) is 181 Å². The van der Waals surface area contributed by atoms with Crippen molar-refractivity contribution < 1.29 is 4.42 Å². The third-order valence-corrected chi connectivity index (χ3v) is 16.6. The highest BCUT2D eigenvalue weighted by molar-refractivity contribution is 6.09. The molecule has 1 atom stereocenters. The maximum atomic E-state index is 6.66. The number of rotatable bonds is 14. The summed E-state index contributed by atoms with van der Waals surface area (Å²) in [5, 5.41) is 2.21. The van der Waals surface area contributed by atoms with Crippen molar-refractivity contribution in [3.05, 3.63) is 356 Å². The van der Waals surface area contributed by atoms with Gasteiger partial charge in [0.2, 0.25) is 0 Å². The summed E-state index contributed by atoms with van der Waals surface area (Å²) in [5.41, 5.74) is 24.9. The van der Waals surface area contributed by atoms with Crippen molar-refractivity contribution in [1.82, 2.24) is 0 Å². The minimum absolute atomic E-state index is 0.694. The maximum Gasteiger partial charge on any atom is 0.136 e. The molecule has 83 heavy (non-hydrogen) atoms. The van der Waals surface area contributed by atoms with Gasteiger partial charge in [0.1, 0.15) is 11.2 Å². The predicted octanol–water partition coefficient (Wildman–Crippen LogP) is 21.8. The minimum Gasteiger partial charge on any atom is -0.456 e. The Bertz CT molecular complexity index is 4460. The number of hydrogen-bond donors (Lipinski definition) is 0. The van der Waals surface area contributed by atoms with Crippen LogP contribution in [0.25, 0.3) is 77.6 Å². The third kappa shape index (κ3) is 8.78. The number of fused-ring (bicyclic) bond motifs is 10. The van der Waals surface area contributed by atoms with Gasteiger partial charge in [-0.25, -0.2) is 0 Å². The zero-order valence-electron chi connectivity index (χ0n) is 46.2. The SMILES string of the molecule is C=C/C=C(\C=C)c1ccc(N(/C=C/C2=C(/C=C\C)C3(c4ccc(N(c5ccc(-c6ccccc6)cc5)c5ccc(-c6ccccc6)cc5)cc42)c2ccccc2-c2cc4oc5ccccc5c4cc23)c2ccc(-c3ccccc3)cc2)cc1. The van der Waals surface area contributed by atoms with Crippen LogP contribution in [-0.4, -0.2) is 0 Å². The average molecular weight is 1060 g/mol. The molecule has 1 heterocycles. The van der Waals surface area contributed by atoms with Gasteiger partial charge in [-0.2, -0.15) is 0 Å². The summed E-state index contributed by atoms with van der Waals surface area (Å²) in [4.78, 5) is 4.72. The molecule has 14 rings (SSSR count). The predicted molar refractivity (Wildman–Crippen MR) is 351 cm³/mol. The molecule has 0 saturated carbocycles. The Balaban J connectivity index is 1.01. The van der Waals surface area contributed by atoms with Crippen LogP contribution in [0.2, 0.25) is 0 Å². The zero-order chi connectivity index (χ0) is 55.9. The molecule has 12 aromatic rings. The molecule has 394 valence electrons. The molecule has 0 radical (unpaired) electrons. The van der Waals surface area contributed by atoms with Crippen molar-refractivity contribution in [3.63, 3.8) is 0 Å². The highest BCUT2D eigenvalue weighted by Crippen LogP contribution is 2.64. The largest absolute Gasteiger partial charge is 0.456 e. The van der Waals surface area contributed by atoms with Crippen molar-refractivity contribution in [2.75, 3.05) is 9.80 Å². The quantitative estimate of drug-likeness (QED) is 0.101. The standard InChI is InChI=1S/C80H58N2O/c1-4-20-55(6-3)59-32-40-63(41-33-59)81(64-42-34-60(35-43-64)56-22-10-7-11-23-56)51-50-69-71-52-67(82(65-44-36-61(37-45-65)57-24-12-8-13-25-57)66-46-38-62(39-47-66)58-26-14-9-15-27-58)48-49-76(71)80(74(69)21-5-2)75-30-18-16-28-68(75)72-54-79-73(53-77(72)80)70-29-17-19-31-78(70)83-79/h4-54H,1,3H2,2H3/b21-5-,51-50+,55-20+. The molecule has 0 saturated heterocycles. The molecule has 3 nitrogen and oxygen atoms in total. The van der Waals surface area contributed by atoms with Crippen molar-refractivity contribution in [2.45, 2.75) is 12.3 Å². The number of hydrogen-bond acceptors (Lipinski definition) is 3. The van der Waals surface area contributed by atoms with Crippen LogP contribution in [-0.2, 0) is 5.41 Å². The Morgan fingerprint density at radius 1 is 0.410 bits per heavy atom. The van der Waals surface area contributed by atoms with Crippen molar-refractivity contribution in [3.8, 4) is 44.5 Å². The van der Waals surface area contributed by atoms with E-state index in [9.17, 15) is 0 Å². The Hall–Kier alpha value is -10.7. The van der Waals surface area contributed by atoms with Gasteiger partial charge in [0.05, 0.1) is 5.41 Å². The van der Waals surface area contributed by atoms with E-state index in [2.05, 4.69) is 321 Å². The van der Waals surface area contributed by atoms with E-state index >= 15 is 0 Å². The minimum atomic E-state index is -0.694. The van der Waals surface area contributed by atoms with Crippen LogP contribution >= 0.6 is 0 Å². The third-order valence-electron chi connectivity index (χ3n) is 16.6. The van der Waals surface area contributed by atoms with Crippen LogP contribution in [0.5, 0.6) is 0 Å². The Morgan fingerprint density at radius 3 is 1.49 bits per heavy atom. The molecular weight excluding hydrogens is 1000 g/mol. The molecule has 0 fully saturated rings. The lowest BCUT2D eigenvalue weighted by molar-refractivity contribution is 0.668. The molecule has 0 amide bonds. The van der Waals surface area contributed by atoms with Crippen LogP contribution in [0.1, 0.15) is 34.7 Å². The fourth-order valence-corrected chi connectivity index (χ4v) is 12.8. The number of furan rings is 1. The van der Waals surface area contributed by atoms with Gasteiger partial charge in [-0.3, -0.25) is 0 Å². The highest BCUT2D eigenvalue weighted by Gasteiger charge is 2.52. The van der Waals surface area contributed by atoms with Crippen LogP contribution in [0.15, 0.2) is 333 Å². The molecule has 3 heteroatoms. The topological polar surface area (TPSA) is 19.6 Å². The Kier molecular flexibility index (Phi) is 13.0. The van der Waals surface area contributed by atoms with Gasteiger partial charge in [-0.1, -0.05) is 232 Å². The van der Waals surface area contributed by atoms with Gasteiger partial charge in [-0.15, -0.1) is 0 Å². The van der Waals surface area contributed by atoms with Gasteiger partial charge < -0.3 is 14.2 Å². The lowest BCUT2D eigenvalue weighted by Gasteiger charge is -2.32. The summed E-state index contributed by atoms with van der Waals surface area (Å²) in [7, 11) is 0. The summed E-state index contributed by atoms with van der Waals surface area (Å²) in [6.45, 7) is 10.2. The van der Waals surface area contributed by atoms with Crippen LogP contribution in [0, 0.1) is 0 Å². The first-order valence-corrected chi connectivity index (χ1v) is 28.4. The van der Waals surface area contributed by atoms with Gasteiger partial charge in [0.15, 0.2) is 0 Å². The monoisotopic (exact) mass is 1060 g/mol. The Labute approximate surface area is 486 Å². The second-order valence-electron chi connectivity index (χ2n) is 21.2. The summed E-state index contributed by atoms with van der Waals surface area (Å²) in [6, 6.07) is 96.7. The Morgan fingerprint density at radius 2 is 0.916 bits per heavy atom. The first-order chi connectivity index (χ1) is 41.0. The number of benzene rings is 11. The first-order valence-electron chi connectivity index (χ1n) is 28.4. The van der Waals surface area contributed by atoms with Gasteiger partial charge in [0.25, 0.3) is 0 Å². The van der Waals surface area contributed by atoms with Crippen LogP contribution < -0.4 is 9.80 Å². The average Bonchev–Trinajstić information content (AvgIpc) is 1.94. The number of nitrogens with zero attached hydrogens (tertiary/aromatic N) is 2. The van der Waals surface area contributed by atoms with E-state index in [1.165, 1.54) is 50.1 Å². The number of para-hydroxylation sites is 1. The molecule has 11 aromatic carbocycles. The van der Waals surface area contributed by atoms with E-state index in [-0.39, 0.29) is 0 Å². The van der Waals surface area contributed by atoms with E-state index in [0.717, 1.165) is 89.3 Å². The molecule has 1 aromatic heterocycles. The van der Waals surface area contributed by atoms with E-state index in [0.29, 0.717) is 0 Å². The first kappa shape index (κ1) is 50.5. The molecule has 2 aliphatic carbocycles. The second kappa shape index (κ2) is 21.4. The molecule has 1 unspecified atom stereocenters. The van der Waals surface area contributed by atoms with Crippen molar-refractivity contribution in [2.24, 2.45) is 0 Å². The normalized spacial score (nSPS) is 14.4. The molecular formula is C80H58N2O. The molecule has 0 N–H and O–H groups in total. The molecule has 0 aliphatic heterocycles. The molecule has 0 bridgehead atoms. The lowest BCUT2D eigenvalue weighted by atomic mass is 9.69. The van der Waals surface area contributed by atoms with Crippen LogP contribution in [0.4, 0.5) is 28.4 Å². The van der Waals surface area contributed by atoms with E-state index in [1.807, 2.05) is 18.2 Å². The molecule has 2 aliphatic rings. The van der Waals surface area contributed by atoms with E-state index in [1.54, 1.807) is 0 Å². The van der Waals surface area contributed by atoms with Gasteiger partial charge in [0, 0.05) is 45.4 Å². The lowest BCUT2D eigenvalue weighted by Crippen LogP contribution is -2.27. The fraction of sp³-hybridized carbons (Fsp3) is 0.0250. The van der Waals surface area contributed by atoms with E-state index in [4.69, 9.17) is 4.42 Å². The summed E-state index contributed by atoms with van der Waals surface area (Å²) in [5.74, 6) is 0. The van der Waals surface area contributed by atoms with E-state index < -0.39 is 5.41 Å².